The average Bonchev–Trinajstić information content (AvgIpc) is 2.50. The Labute approximate surface area is 125 Å². The lowest BCUT2D eigenvalue weighted by molar-refractivity contribution is -0.139. The number of nitrogens with zero attached hydrogens (tertiary/aromatic N) is 1. The van der Waals surface area contributed by atoms with Crippen LogP contribution in [0.25, 0.3) is 0 Å². The lowest BCUT2D eigenvalue weighted by Gasteiger charge is -2.14. The van der Waals surface area contributed by atoms with Crippen molar-refractivity contribution in [1.82, 2.24) is 10.3 Å². The topological polar surface area (TPSA) is 79.3 Å². The number of pyridine rings is 1. The highest BCUT2D eigenvalue weighted by molar-refractivity contribution is 5.96. The van der Waals surface area contributed by atoms with Crippen molar-refractivity contribution in [3.8, 4) is 0 Å². The van der Waals surface area contributed by atoms with E-state index >= 15 is 0 Å². The number of nitrogens with one attached hydrogen (secondary N) is 1. The third-order valence-electron chi connectivity index (χ3n) is 3.39. The van der Waals surface area contributed by atoms with Crippen LogP contribution in [-0.4, -0.2) is 28.0 Å². The molecule has 1 aromatic rings. The van der Waals surface area contributed by atoms with Gasteiger partial charge in [-0.1, -0.05) is 45.4 Å². The van der Waals surface area contributed by atoms with Crippen LogP contribution in [0.2, 0.25) is 0 Å². The number of unbranched alkanes of at least 4 members (excludes halogenated alkanes) is 5. The van der Waals surface area contributed by atoms with Crippen LogP contribution in [0.3, 0.4) is 0 Å². The highest BCUT2D eigenvalue weighted by atomic mass is 16.4. The van der Waals surface area contributed by atoms with Gasteiger partial charge in [-0.15, -0.1) is 0 Å². The molecular weight excluding hydrogens is 268 g/mol. The van der Waals surface area contributed by atoms with Crippen molar-refractivity contribution < 1.29 is 14.7 Å². The summed E-state index contributed by atoms with van der Waals surface area (Å²) in [6.07, 6.45) is 10.1. The predicted molar refractivity (Wildman–Crippen MR) is 81.1 cm³/mol. The van der Waals surface area contributed by atoms with E-state index in [0.29, 0.717) is 12.0 Å². The van der Waals surface area contributed by atoms with E-state index in [1.807, 2.05) is 0 Å². The molecule has 0 saturated carbocycles. The van der Waals surface area contributed by atoms with Crippen LogP contribution in [0.15, 0.2) is 24.5 Å². The summed E-state index contributed by atoms with van der Waals surface area (Å²) < 4.78 is 0. The fourth-order valence-electron chi connectivity index (χ4n) is 2.13. The number of carbonyl (C=O) groups excluding carboxylic acids is 1. The highest BCUT2D eigenvalue weighted by Crippen LogP contribution is 2.09. The van der Waals surface area contributed by atoms with Crippen LogP contribution in [0, 0.1) is 0 Å². The lowest BCUT2D eigenvalue weighted by atomic mass is 10.1. The molecule has 0 radical (unpaired) electrons. The van der Waals surface area contributed by atoms with Gasteiger partial charge in [0.2, 0.25) is 0 Å². The van der Waals surface area contributed by atoms with Crippen LogP contribution in [-0.2, 0) is 4.79 Å². The number of rotatable bonds is 10. The van der Waals surface area contributed by atoms with Crippen molar-refractivity contribution in [2.24, 2.45) is 0 Å². The first-order valence-corrected chi connectivity index (χ1v) is 7.58. The molecule has 0 saturated heterocycles. The fraction of sp³-hybridized carbons (Fsp3) is 0.562. The fourth-order valence-corrected chi connectivity index (χ4v) is 2.13. The summed E-state index contributed by atoms with van der Waals surface area (Å²) in [5, 5.41) is 11.8. The van der Waals surface area contributed by atoms with E-state index in [2.05, 4.69) is 17.2 Å². The molecule has 0 aliphatic heterocycles. The first-order valence-electron chi connectivity index (χ1n) is 7.58. The molecule has 0 aromatic carbocycles. The van der Waals surface area contributed by atoms with Gasteiger partial charge in [0, 0.05) is 18.0 Å². The second-order valence-corrected chi connectivity index (χ2v) is 5.16. The third-order valence-corrected chi connectivity index (χ3v) is 3.39. The number of hydrogen-bond donors (Lipinski definition) is 2. The lowest BCUT2D eigenvalue weighted by Crippen LogP contribution is -2.40. The molecule has 1 atom stereocenters. The molecule has 0 unspecified atom stereocenters. The van der Waals surface area contributed by atoms with Crippen LogP contribution in [0.1, 0.15) is 62.2 Å². The average molecular weight is 292 g/mol. The molecule has 5 nitrogen and oxygen atoms in total. The Balaban J connectivity index is 2.36. The second kappa shape index (κ2) is 9.91. The largest absolute Gasteiger partial charge is 0.480 e. The number of aliphatic carboxylic acids is 1. The Morgan fingerprint density at radius 2 is 1.76 bits per heavy atom. The summed E-state index contributed by atoms with van der Waals surface area (Å²) in [5.41, 5.74) is 0.430. The first-order chi connectivity index (χ1) is 10.1. The first kappa shape index (κ1) is 17.1. The number of hydrogen-bond acceptors (Lipinski definition) is 3. The summed E-state index contributed by atoms with van der Waals surface area (Å²) >= 11 is 0. The van der Waals surface area contributed by atoms with E-state index in [-0.39, 0.29) is 5.91 Å². The number of carboxylic acids is 1. The molecule has 0 fully saturated rings. The molecule has 1 heterocycles. The van der Waals surface area contributed by atoms with E-state index in [4.69, 9.17) is 0 Å². The van der Waals surface area contributed by atoms with Gasteiger partial charge in [-0.3, -0.25) is 9.78 Å². The standard InChI is InChI=1S/C16H24N2O3/c1-2-3-4-5-6-7-8-14(16(20)21)18-15(19)13-9-11-17-12-10-13/h9-12,14H,2-8H2,1H3,(H,18,19)(H,20,21)/t14-/m1/s1. The Morgan fingerprint density at radius 3 is 2.38 bits per heavy atom. The molecule has 1 amide bonds. The Kier molecular flexibility index (Phi) is 8.09. The molecule has 116 valence electrons. The minimum Gasteiger partial charge on any atom is -0.480 e. The molecule has 0 aliphatic rings. The molecule has 2 N–H and O–H groups in total. The predicted octanol–water partition coefficient (Wildman–Crippen LogP) is 3.02. The van der Waals surface area contributed by atoms with Gasteiger partial charge in [0.25, 0.3) is 5.91 Å². The summed E-state index contributed by atoms with van der Waals surface area (Å²) in [5.74, 6) is -1.35. The molecule has 0 spiro atoms. The van der Waals surface area contributed by atoms with E-state index in [9.17, 15) is 14.7 Å². The van der Waals surface area contributed by atoms with Gasteiger partial charge in [-0.2, -0.15) is 0 Å². The summed E-state index contributed by atoms with van der Waals surface area (Å²) in [6.45, 7) is 2.16. The minimum atomic E-state index is -0.981. The maximum atomic E-state index is 11.9. The van der Waals surface area contributed by atoms with Crippen LogP contribution in [0.5, 0.6) is 0 Å². The molecule has 0 aliphatic carbocycles. The van der Waals surface area contributed by atoms with Gasteiger partial charge in [0.05, 0.1) is 0 Å². The van der Waals surface area contributed by atoms with E-state index in [0.717, 1.165) is 19.3 Å². The summed E-state index contributed by atoms with van der Waals surface area (Å²) in [7, 11) is 0. The highest BCUT2D eigenvalue weighted by Gasteiger charge is 2.19. The number of carboxylic acid groups (broad SMARTS) is 1. The molecule has 0 bridgehead atoms. The quantitative estimate of drug-likeness (QED) is 0.650. The van der Waals surface area contributed by atoms with Crippen LogP contribution >= 0.6 is 0 Å². The van der Waals surface area contributed by atoms with Gasteiger partial charge in [-0.05, 0) is 18.6 Å². The van der Waals surface area contributed by atoms with Crippen molar-refractivity contribution >= 4 is 11.9 Å². The zero-order valence-corrected chi connectivity index (χ0v) is 12.5. The van der Waals surface area contributed by atoms with Gasteiger partial charge >= 0.3 is 5.97 Å². The Bertz CT molecular complexity index is 434. The maximum Gasteiger partial charge on any atom is 0.326 e. The summed E-state index contributed by atoms with van der Waals surface area (Å²) in [6, 6.07) is 2.31. The SMILES string of the molecule is CCCCCCCC[C@@H](NC(=O)c1ccncc1)C(=O)O. The van der Waals surface area contributed by atoms with Crippen molar-refractivity contribution in [3.63, 3.8) is 0 Å². The number of aromatic nitrogens is 1. The normalized spacial score (nSPS) is 11.9. The van der Waals surface area contributed by atoms with Crippen LogP contribution in [0.4, 0.5) is 0 Å². The summed E-state index contributed by atoms with van der Waals surface area (Å²) in [4.78, 5) is 27.0. The molecule has 5 heteroatoms. The van der Waals surface area contributed by atoms with E-state index < -0.39 is 12.0 Å². The zero-order valence-electron chi connectivity index (χ0n) is 12.5. The smallest absolute Gasteiger partial charge is 0.326 e. The number of amides is 1. The van der Waals surface area contributed by atoms with Crippen molar-refractivity contribution in [2.75, 3.05) is 0 Å². The van der Waals surface area contributed by atoms with E-state index in [1.165, 1.54) is 31.7 Å². The van der Waals surface area contributed by atoms with Crippen molar-refractivity contribution in [3.05, 3.63) is 30.1 Å². The molecular formula is C16H24N2O3. The monoisotopic (exact) mass is 292 g/mol. The van der Waals surface area contributed by atoms with Crippen molar-refractivity contribution in [1.29, 1.82) is 0 Å². The zero-order chi connectivity index (χ0) is 15.5. The maximum absolute atomic E-state index is 11.9. The third kappa shape index (κ3) is 6.88. The molecule has 1 aromatic heterocycles. The van der Waals surface area contributed by atoms with Gasteiger partial charge < -0.3 is 10.4 Å². The minimum absolute atomic E-state index is 0.365. The van der Waals surface area contributed by atoms with Gasteiger partial charge in [0.15, 0.2) is 0 Å². The van der Waals surface area contributed by atoms with E-state index in [1.54, 1.807) is 12.1 Å². The number of carbonyl (C=O) groups is 2. The Morgan fingerprint density at radius 1 is 1.14 bits per heavy atom. The second-order valence-electron chi connectivity index (χ2n) is 5.16. The van der Waals surface area contributed by atoms with Gasteiger partial charge in [0.1, 0.15) is 6.04 Å². The van der Waals surface area contributed by atoms with Crippen LogP contribution < -0.4 is 5.32 Å². The molecule has 1 rings (SSSR count). The Hall–Kier alpha value is -1.91. The van der Waals surface area contributed by atoms with Gasteiger partial charge in [-0.25, -0.2) is 4.79 Å². The molecule has 21 heavy (non-hydrogen) atoms. The van der Waals surface area contributed by atoms with Crippen molar-refractivity contribution in [2.45, 2.75) is 57.9 Å².